The molecular formula is C13H27N3O3S. The molecule has 6 nitrogen and oxygen atoms in total. The number of carboxylic acids is 1. The first-order valence-electron chi connectivity index (χ1n) is 6.84. The van der Waals surface area contributed by atoms with Crippen molar-refractivity contribution in [2.45, 2.75) is 25.8 Å². The number of carbonyl (C=O) groups is 2. The summed E-state index contributed by atoms with van der Waals surface area (Å²) in [5.74, 6) is -0.264. The molecule has 0 heterocycles. The van der Waals surface area contributed by atoms with E-state index in [0.29, 0.717) is 25.3 Å². The summed E-state index contributed by atoms with van der Waals surface area (Å²) in [4.78, 5) is 27.0. The third-order valence-electron chi connectivity index (χ3n) is 2.80. The summed E-state index contributed by atoms with van der Waals surface area (Å²) in [7, 11) is 3.89. The van der Waals surface area contributed by atoms with Crippen LogP contribution in [0.5, 0.6) is 0 Å². The predicted molar refractivity (Wildman–Crippen MR) is 83.4 cm³/mol. The van der Waals surface area contributed by atoms with Gasteiger partial charge in [0.1, 0.15) is 6.04 Å². The molecule has 0 radical (unpaired) electrons. The molecule has 0 rings (SSSR count). The Balaban J connectivity index is 4.49. The number of nitrogens with one attached hydrogen (secondary N) is 1. The predicted octanol–water partition coefficient (Wildman–Crippen LogP) is 1.18. The van der Waals surface area contributed by atoms with Crippen molar-refractivity contribution in [1.29, 1.82) is 0 Å². The summed E-state index contributed by atoms with van der Waals surface area (Å²) < 4.78 is 0. The van der Waals surface area contributed by atoms with Gasteiger partial charge in [-0.25, -0.2) is 9.59 Å². The Labute approximate surface area is 125 Å². The van der Waals surface area contributed by atoms with Crippen LogP contribution in [0.1, 0.15) is 19.8 Å². The van der Waals surface area contributed by atoms with Crippen molar-refractivity contribution in [2.75, 3.05) is 45.7 Å². The highest BCUT2D eigenvalue weighted by Crippen LogP contribution is 2.03. The topological polar surface area (TPSA) is 72.9 Å². The van der Waals surface area contributed by atoms with Gasteiger partial charge in [-0.1, -0.05) is 6.92 Å². The zero-order valence-electron chi connectivity index (χ0n) is 12.9. The number of thioether (sulfide) groups is 1. The van der Waals surface area contributed by atoms with Crippen LogP contribution in [0.15, 0.2) is 0 Å². The Morgan fingerprint density at radius 3 is 2.35 bits per heavy atom. The van der Waals surface area contributed by atoms with E-state index in [1.54, 1.807) is 16.7 Å². The van der Waals surface area contributed by atoms with E-state index < -0.39 is 12.0 Å². The highest BCUT2D eigenvalue weighted by Gasteiger charge is 2.22. The summed E-state index contributed by atoms with van der Waals surface area (Å²) >= 11 is 1.57. The number of hydrogen-bond donors (Lipinski definition) is 2. The van der Waals surface area contributed by atoms with Crippen molar-refractivity contribution >= 4 is 23.8 Å². The minimum absolute atomic E-state index is 0.290. The van der Waals surface area contributed by atoms with Gasteiger partial charge in [-0.3, -0.25) is 0 Å². The average Bonchev–Trinajstić information content (AvgIpc) is 2.38. The maximum absolute atomic E-state index is 12.1. The summed E-state index contributed by atoms with van der Waals surface area (Å²) in [6.07, 6.45) is 3.21. The Morgan fingerprint density at radius 2 is 1.90 bits per heavy atom. The molecule has 20 heavy (non-hydrogen) atoms. The maximum atomic E-state index is 12.1. The van der Waals surface area contributed by atoms with Crippen molar-refractivity contribution in [3.8, 4) is 0 Å². The molecule has 2 N–H and O–H groups in total. The maximum Gasteiger partial charge on any atom is 0.326 e. The van der Waals surface area contributed by atoms with E-state index in [0.717, 1.165) is 13.0 Å². The lowest BCUT2D eigenvalue weighted by Crippen LogP contribution is -2.49. The van der Waals surface area contributed by atoms with Gasteiger partial charge in [-0.2, -0.15) is 11.8 Å². The molecule has 7 heteroatoms. The van der Waals surface area contributed by atoms with Gasteiger partial charge in [0.2, 0.25) is 0 Å². The largest absolute Gasteiger partial charge is 0.480 e. The first-order valence-corrected chi connectivity index (χ1v) is 8.23. The highest BCUT2D eigenvalue weighted by molar-refractivity contribution is 7.98. The van der Waals surface area contributed by atoms with Gasteiger partial charge in [-0.05, 0) is 38.9 Å². The van der Waals surface area contributed by atoms with E-state index >= 15 is 0 Å². The van der Waals surface area contributed by atoms with Gasteiger partial charge in [0.25, 0.3) is 0 Å². The Hall–Kier alpha value is -0.950. The fourth-order valence-corrected chi connectivity index (χ4v) is 2.11. The summed E-state index contributed by atoms with van der Waals surface area (Å²) in [5, 5.41) is 11.7. The SMILES string of the molecule is CCCN(CCN(C)C)C(=O)N[C@H](CCSC)C(=O)O. The first kappa shape index (κ1) is 19.1. The molecule has 0 aliphatic rings. The van der Waals surface area contributed by atoms with Crippen molar-refractivity contribution in [3.63, 3.8) is 0 Å². The first-order chi connectivity index (χ1) is 9.42. The van der Waals surface area contributed by atoms with Gasteiger partial charge < -0.3 is 20.2 Å². The number of amides is 2. The second-order valence-corrected chi connectivity index (χ2v) is 5.90. The van der Waals surface area contributed by atoms with Crippen LogP contribution in [0.4, 0.5) is 4.79 Å². The van der Waals surface area contributed by atoms with E-state index in [-0.39, 0.29) is 6.03 Å². The number of nitrogens with zero attached hydrogens (tertiary/aromatic N) is 2. The smallest absolute Gasteiger partial charge is 0.326 e. The number of urea groups is 1. The molecule has 0 aliphatic carbocycles. The van der Waals surface area contributed by atoms with Crippen LogP contribution in [0.3, 0.4) is 0 Å². The van der Waals surface area contributed by atoms with Gasteiger partial charge in [0, 0.05) is 19.6 Å². The number of rotatable bonds is 10. The number of likely N-dealkylation sites (N-methyl/N-ethyl adjacent to an activating group) is 1. The van der Waals surface area contributed by atoms with Crippen LogP contribution >= 0.6 is 11.8 Å². The average molecular weight is 305 g/mol. The quantitative estimate of drug-likeness (QED) is 0.634. The molecule has 0 aromatic carbocycles. The van der Waals surface area contributed by atoms with Crippen LogP contribution in [-0.4, -0.2) is 78.7 Å². The van der Waals surface area contributed by atoms with Crippen LogP contribution in [-0.2, 0) is 4.79 Å². The van der Waals surface area contributed by atoms with Gasteiger partial charge in [0.05, 0.1) is 0 Å². The van der Waals surface area contributed by atoms with E-state index in [1.165, 1.54) is 0 Å². The third kappa shape index (κ3) is 8.27. The molecule has 0 spiro atoms. The second kappa shape index (κ2) is 10.8. The summed E-state index contributed by atoms with van der Waals surface area (Å²) in [6, 6.07) is -1.10. The Morgan fingerprint density at radius 1 is 1.25 bits per heavy atom. The molecule has 0 saturated heterocycles. The monoisotopic (exact) mass is 305 g/mol. The molecule has 1 atom stereocenters. The van der Waals surface area contributed by atoms with E-state index in [1.807, 2.05) is 32.2 Å². The molecular weight excluding hydrogens is 278 g/mol. The van der Waals surface area contributed by atoms with E-state index in [2.05, 4.69) is 5.32 Å². The minimum atomic E-state index is -0.976. The second-order valence-electron chi connectivity index (χ2n) is 4.91. The molecule has 0 aliphatic heterocycles. The summed E-state index contributed by atoms with van der Waals surface area (Å²) in [6.45, 7) is 3.99. The molecule has 118 valence electrons. The van der Waals surface area contributed by atoms with Crippen molar-refractivity contribution in [1.82, 2.24) is 15.1 Å². The van der Waals surface area contributed by atoms with E-state index in [9.17, 15) is 9.59 Å². The highest BCUT2D eigenvalue weighted by atomic mass is 32.2. The lowest BCUT2D eigenvalue weighted by Gasteiger charge is -2.26. The number of hydrogen-bond acceptors (Lipinski definition) is 4. The van der Waals surface area contributed by atoms with Gasteiger partial charge in [-0.15, -0.1) is 0 Å². The van der Waals surface area contributed by atoms with Crippen LogP contribution in [0, 0.1) is 0 Å². The number of carboxylic acid groups (broad SMARTS) is 1. The Bertz CT molecular complexity index is 301. The minimum Gasteiger partial charge on any atom is -0.480 e. The lowest BCUT2D eigenvalue weighted by molar-refractivity contribution is -0.139. The standard InChI is InChI=1S/C13H27N3O3S/c1-5-7-16(9-8-15(2)3)13(19)14-11(12(17)18)6-10-20-4/h11H,5-10H2,1-4H3,(H,14,19)(H,17,18)/t11-/m1/s1. The van der Waals surface area contributed by atoms with Gasteiger partial charge >= 0.3 is 12.0 Å². The molecule has 0 aromatic heterocycles. The zero-order chi connectivity index (χ0) is 15.5. The Kier molecular flexibility index (Phi) is 10.3. The number of carbonyl (C=O) groups excluding carboxylic acids is 1. The third-order valence-corrected chi connectivity index (χ3v) is 3.45. The van der Waals surface area contributed by atoms with Gasteiger partial charge in [0.15, 0.2) is 0 Å². The normalized spacial score (nSPS) is 12.2. The van der Waals surface area contributed by atoms with E-state index in [4.69, 9.17) is 5.11 Å². The fourth-order valence-electron chi connectivity index (χ4n) is 1.64. The fraction of sp³-hybridized carbons (Fsp3) is 0.846. The van der Waals surface area contributed by atoms with Crippen LogP contribution in [0.25, 0.3) is 0 Å². The summed E-state index contributed by atoms with van der Waals surface area (Å²) in [5.41, 5.74) is 0. The molecule has 0 fully saturated rings. The van der Waals surface area contributed by atoms with Crippen molar-refractivity contribution in [2.24, 2.45) is 0 Å². The molecule has 0 unspecified atom stereocenters. The molecule has 2 amide bonds. The molecule has 0 saturated carbocycles. The van der Waals surface area contributed by atoms with Crippen molar-refractivity contribution in [3.05, 3.63) is 0 Å². The van der Waals surface area contributed by atoms with Crippen molar-refractivity contribution < 1.29 is 14.7 Å². The molecule has 0 bridgehead atoms. The zero-order valence-corrected chi connectivity index (χ0v) is 13.7. The van der Waals surface area contributed by atoms with Crippen LogP contribution in [0.2, 0.25) is 0 Å². The number of aliphatic carboxylic acids is 1. The lowest BCUT2D eigenvalue weighted by atomic mass is 10.2. The molecule has 0 aromatic rings. The van der Waals surface area contributed by atoms with Crippen LogP contribution < -0.4 is 5.32 Å².